The van der Waals surface area contributed by atoms with Crippen molar-refractivity contribution in [1.82, 2.24) is 5.32 Å². The molecule has 2 aliphatic rings. The van der Waals surface area contributed by atoms with E-state index >= 15 is 0 Å². The van der Waals surface area contributed by atoms with Crippen molar-refractivity contribution in [3.05, 3.63) is 35.4 Å². The van der Waals surface area contributed by atoms with E-state index in [1.54, 1.807) is 0 Å². The smallest absolute Gasteiger partial charge is 0.249 e. The highest BCUT2D eigenvalue weighted by Gasteiger charge is 2.34. The number of aliphatic hydroxyl groups excluding tert-OH is 1. The highest BCUT2D eigenvalue weighted by Crippen LogP contribution is 2.31. The van der Waals surface area contributed by atoms with E-state index in [4.69, 9.17) is 4.74 Å². The first-order valence-corrected chi connectivity index (χ1v) is 6.43. The van der Waals surface area contributed by atoms with Crippen molar-refractivity contribution in [2.75, 3.05) is 6.61 Å². The van der Waals surface area contributed by atoms with Crippen molar-refractivity contribution in [2.24, 2.45) is 0 Å². The first-order valence-electron chi connectivity index (χ1n) is 6.43. The van der Waals surface area contributed by atoms with E-state index in [-0.39, 0.29) is 18.1 Å². The van der Waals surface area contributed by atoms with Crippen molar-refractivity contribution in [2.45, 2.75) is 37.5 Å². The second-order valence-electron chi connectivity index (χ2n) is 4.96. The van der Waals surface area contributed by atoms with Crippen molar-refractivity contribution in [3.63, 3.8) is 0 Å². The zero-order chi connectivity index (χ0) is 12.5. The third kappa shape index (κ3) is 2.02. The van der Waals surface area contributed by atoms with Crippen LogP contribution in [-0.2, 0) is 16.0 Å². The number of ether oxygens (including phenoxy) is 1. The van der Waals surface area contributed by atoms with Gasteiger partial charge in [-0.2, -0.15) is 0 Å². The molecule has 1 aliphatic heterocycles. The molecule has 1 aromatic rings. The van der Waals surface area contributed by atoms with Gasteiger partial charge in [0.05, 0.1) is 12.1 Å². The fourth-order valence-corrected chi connectivity index (χ4v) is 2.78. The summed E-state index contributed by atoms with van der Waals surface area (Å²) < 4.78 is 5.35. The SMILES string of the molecule is O=C(NC1c2ccccc2CC1O)[C@@H]1CCCO1. The van der Waals surface area contributed by atoms with Crippen LogP contribution in [0.5, 0.6) is 0 Å². The van der Waals surface area contributed by atoms with Crippen LogP contribution in [0, 0.1) is 0 Å². The van der Waals surface area contributed by atoms with Gasteiger partial charge < -0.3 is 15.2 Å². The maximum Gasteiger partial charge on any atom is 0.249 e. The highest BCUT2D eigenvalue weighted by atomic mass is 16.5. The van der Waals surface area contributed by atoms with Gasteiger partial charge in [-0.1, -0.05) is 24.3 Å². The molecule has 18 heavy (non-hydrogen) atoms. The Bertz CT molecular complexity index is 454. The third-order valence-corrected chi connectivity index (χ3v) is 3.72. The first kappa shape index (κ1) is 11.7. The van der Waals surface area contributed by atoms with Gasteiger partial charge in [-0.15, -0.1) is 0 Å². The van der Waals surface area contributed by atoms with E-state index < -0.39 is 6.10 Å². The van der Waals surface area contributed by atoms with Gasteiger partial charge in [0, 0.05) is 13.0 Å². The number of amides is 1. The zero-order valence-corrected chi connectivity index (χ0v) is 10.1. The van der Waals surface area contributed by atoms with E-state index in [1.807, 2.05) is 24.3 Å². The number of benzene rings is 1. The largest absolute Gasteiger partial charge is 0.390 e. The van der Waals surface area contributed by atoms with Crippen LogP contribution in [-0.4, -0.2) is 29.8 Å². The Balaban J connectivity index is 1.74. The molecule has 1 aromatic carbocycles. The van der Waals surface area contributed by atoms with Crippen molar-refractivity contribution in [1.29, 1.82) is 0 Å². The number of fused-ring (bicyclic) bond motifs is 1. The summed E-state index contributed by atoms with van der Waals surface area (Å²) in [5.41, 5.74) is 2.14. The summed E-state index contributed by atoms with van der Waals surface area (Å²) in [6.45, 7) is 0.655. The van der Waals surface area contributed by atoms with E-state index in [1.165, 1.54) is 0 Å². The van der Waals surface area contributed by atoms with Crippen molar-refractivity contribution < 1.29 is 14.6 Å². The van der Waals surface area contributed by atoms with Gasteiger partial charge in [0.15, 0.2) is 0 Å². The quantitative estimate of drug-likeness (QED) is 0.817. The minimum absolute atomic E-state index is 0.103. The van der Waals surface area contributed by atoms with Crippen LogP contribution in [0.25, 0.3) is 0 Å². The number of nitrogens with one attached hydrogen (secondary N) is 1. The molecule has 0 saturated carbocycles. The van der Waals surface area contributed by atoms with Crippen molar-refractivity contribution >= 4 is 5.91 Å². The molecule has 1 heterocycles. The van der Waals surface area contributed by atoms with Crippen LogP contribution < -0.4 is 5.32 Å². The Morgan fingerprint density at radius 2 is 2.22 bits per heavy atom. The number of carbonyl (C=O) groups is 1. The lowest BCUT2D eigenvalue weighted by molar-refractivity contribution is -0.131. The molecule has 1 saturated heterocycles. The van der Waals surface area contributed by atoms with Crippen LogP contribution >= 0.6 is 0 Å². The fourth-order valence-electron chi connectivity index (χ4n) is 2.78. The van der Waals surface area contributed by atoms with Gasteiger partial charge in [-0.3, -0.25) is 4.79 Å². The van der Waals surface area contributed by atoms with Crippen LogP contribution in [0.3, 0.4) is 0 Å². The summed E-state index contributed by atoms with van der Waals surface area (Å²) in [5.74, 6) is -0.103. The summed E-state index contributed by atoms with van der Waals surface area (Å²) in [5, 5.41) is 13.0. The van der Waals surface area contributed by atoms with Crippen LogP contribution in [0.2, 0.25) is 0 Å². The standard InChI is InChI=1S/C14H17NO3/c16-11-8-9-4-1-2-5-10(9)13(11)15-14(17)12-6-3-7-18-12/h1-2,4-5,11-13,16H,3,6-8H2,(H,15,17)/t11?,12-,13?/m0/s1. The van der Waals surface area contributed by atoms with E-state index in [0.717, 1.165) is 24.0 Å². The number of hydrogen-bond acceptors (Lipinski definition) is 3. The van der Waals surface area contributed by atoms with Crippen LogP contribution in [0.4, 0.5) is 0 Å². The molecule has 1 fully saturated rings. The maximum absolute atomic E-state index is 12.0. The fraction of sp³-hybridized carbons (Fsp3) is 0.500. The second kappa shape index (κ2) is 4.71. The van der Waals surface area contributed by atoms with E-state index in [9.17, 15) is 9.90 Å². The molecule has 0 aromatic heterocycles. The number of rotatable bonds is 2. The molecular formula is C14H17NO3. The lowest BCUT2D eigenvalue weighted by Crippen LogP contribution is -2.40. The molecule has 2 unspecified atom stereocenters. The van der Waals surface area contributed by atoms with Crippen LogP contribution in [0.1, 0.15) is 30.0 Å². The molecule has 0 radical (unpaired) electrons. The predicted molar refractivity (Wildman–Crippen MR) is 66.0 cm³/mol. The molecule has 4 heteroatoms. The highest BCUT2D eigenvalue weighted by molar-refractivity contribution is 5.81. The minimum atomic E-state index is -0.534. The molecule has 4 nitrogen and oxygen atoms in total. The summed E-state index contributed by atoms with van der Waals surface area (Å²) in [7, 11) is 0. The second-order valence-corrected chi connectivity index (χ2v) is 4.96. The molecule has 3 atom stereocenters. The predicted octanol–water partition coefficient (Wildman–Crippen LogP) is 0.940. The summed E-state index contributed by atoms with van der Waals surface area (Å²) >= 11 is 0. The minimum Gasteiger partial charge on any atom is -0.390 e. The molecule has 1 amide bonds. The molecule has 0 spiro atoms. The monoisotopic (exact) mass is 247 g/mol. The number of aliphatic hydroxyl groups is 1. The van der Waals surface area contributed by atoms with Gasteiger partial charge in [0.2, 0.25) is 5.91 Å². The Labute approximate surface area is 106 Å². The summed E-state index contributed by atoms with van der Waals surface area (Å²) in [6.07, 6.45) is 1.43. The van der Waals surface area contributed by atoms with Gasteiger partial charge in [-0.05, 0) is 24.0 Å². The van der Waals surface area contributed by atoms with Gasteiger partial charge in [0.1, 0.15) is 6.10 Å². The molecule has 96 valence electrons. The Morgan fingerprint density at radius 1 is 1.39 bits per heavy atom. The average molecular weight is 247 g/mol. The normalized spacial score (nSPS) is 30.2. The van der Waals surface area contributed by atoms with Crippen LogP contribution in [0.15, 0.2) is 24.3 Å². The number of carbonyl (C=O) groups excluding carboxylic acids is 1. The summed E-state index contributed by atoms with van der Waals surface area (Å²) in [6, 6.07) is 7.55. The topological polar surface area (TPSA) is 58.6 Å². The molecule has 2 N–H and O–H groups in total. The Kier molecular flexibility index (Phi) is 3.06. The molecular weight excluding hydrogens is 230 g/mol. The summed E-state index contributed by atoms with van der Waals surface area (Å²) in [4.78, 5) is 12.0. The lowest BCUT2D eigenvalue weighted by atomic mass is 10.1. The first-order chi connectivity index (χ1) is 8.75. The van der Waals surface area contributed by atoms with Gasteiger partial charge in [0.25, 0.3) is 0 Å². The molecule has 1 aliphatic carbocycles. The lowest BCUT2D eigenvalue weighted by Gasteiger charge is -2.20. The maximum atomic E-state index is 12.0. The Hall–Kier alpha value is -1.39. The Morgan fingerprint density at radius 3 is 3.00 bits per heavy atom. The van der Waals surface area contributed by atoms with E-state index in [2.05, 4.69) is 5.32 Å². The van der Waals surface area contributed by atoms with Gasteiger partial charge >= 0.3 is 0 Å². The number of hydrogen-bond donors (Lipinski definition) is 2. The van der Waals surface area contributed by atoms with Crippen molar-refractivity contribution in [3.8, 4) is 0 Å². The van der Waals surface area contributed by atoms with E-state index in [0.29, 0.717) is 13.0 Å². The zero-order valence-electron chi connectivity index (χ0n) is 10.1. The third-order valence-electron chi connectivity index (χ3n) is 3.72. The van der Waals surface area contributed by atoms with Gasteiger partial charge in [-0.25, -0.2) is 0 Å². The molecule has 0 bridgehead atoms. The average Bonchev–Trinajstić information content (AvgIpc) is 2.98. The molecule has 3 rings (SSSR count).